The predicted molar refractivity (Wildman–Crippen MR) is 110 cm³/mol. The fraction of sp³-hybridized carbons (Fsp3) is 0.600. The van der Waals surface area contributed by atoms with Gasteiger partial charge in [0, 0.05) is 11.3 Å². The molecule has 4 rings (SSSR count). The summed E-state index contributed by atoms with van der Waals surface area (Å²) >= 11 is 1.64. The molecule has 1 saturated heterocycles. The summed E-state index contributed by atoms with van der Waals surface area (Å²) in [6.07, 6.45) is 4.55. The van der Waals surface area contributed by atoms with Crippen LogP contribution in [0.25, 0.3) is 0 Å². The van der Waals surface area contributed by atoms with Gasteiger partial charge in [-0.25, -0.2) is 4.68 Å². The second-order valence-corrected chi connectivity index (χ2v) is 8.80. The molecule has 1 aromatic carbocycles. The number of carbonyl (C=O) groups is 1. The van der Waals surface area contributed by atoms with E-state index < -0.39 is 5.54 Å². The van der Waals surface area contributed by atoms with Crippen molar-refractivity contribution in [1.29, 1.82) is 0 Å². The average molecular weight is 418 g/mol. The minimum atomic E-state index is -0.597. The van der Waals surface area contributed by atoms with Gasteiger partial charge in [0.1, 0.15) is 17.0 Å². The number of carbonyl (C=O) groups excluding carboxylic acids is 1. The van der Waals surface area contributed by atoms with Crippen molar-refractivity contribution in [3.05, 3.63) is 29.6 Å². The summed E-state index contributed by atoms with van der Waals surface area (Å²) in [6, 6.07) is 5.97. The number of benzene rings is 1. The van der Waals surface area contributed by atoms with Crippen LogP contribution in [0.1, 0.15) is 50.0 Å². The molecule has 1 aromatic heterocycles. The Labute approximate surface area is 174 Å². The van der Waals surface area contributed by atoms with E-state index in [1.807, 2.05) is 27.8 Å². The Bertz CT molecular complexity index is 883. The summed E-state index contributed by atoms with van der Waals surface area (Å²) in [7, 11) is 3.27. The second kappa shape index (κ2) is 8.22. The van der Waals surface area contributed by atoms with Crippen LogP contribution in [0.5, 0.6) is 11.5 Å². The van der Waals surface area contributed by atoms with Gasteiger partial charge in [-0.1, -0.05) is 12.8 Å². The lowest BCUT2D eigenvalue weighted by Gasteiger charge is -2.43. The highest BCUT2D eigenvalue weighted by Gasteiger charge is 2.45. The molecule has 8 nitrogen and oxygen atoms in total. The average Bonchev–Trinajstić information content (AvgIpc) is 3.42. The van der Waals surface area contributed by atoms with E-state index in [0.29, 0.717) is 18.3 Å². The molecule has 2 aliphatic rings. The van der Waals surface area contributed by atoms with E-state index in [-0.39, 0.29) is 5.91 Å². The van der Waals surface area contributed by atoms with E-state index in [2.05, 4.69) is 22.4 Å². The smallest absolute Gasteiger partial charge is 0.233 e. The highest BCUT2D eigenvalue weighted by atomic mass is 32.2. The summed E-state index contributed by atoms with van der Waals surface area (Å²) in [5, 5.41) is 12.7. The Morgan fingerprint density at radius 2 is 2.03 bits per heavy atom. The molecule has 1 saturated carbocycles. The van der Waals surface area contributed by atoms with Gasteiger partial charge in [0.15, 0.2) is 5.82 Å². The summed E-state index contributed by atoms with van der Waals surface area (Å²) in [5.41, 5.74) is 0.304. The number of amides is 1. The first-order valence-electron chi connectivity index (χ1n) is 9.94. The lowest BCUT2D eigenvalue weighted by atomic mass is 9.98. The quantitative estimate of drug-likeness (QED) is 0.715. The first-order valence-corrected chi connectivity index (χ1v) is 11.1. The third-order valence-corrected chi connectivity index (χ3v) is 7.18. The van der Waals surface area contributed by atoms with E-state index in [1.54, 1.807) is 26.0 Å². The van der Waals surface area contributed by atoms with Crippen molar-refractivity contribution in [3.63, 3.8) is 0 Å². The Kier molecular flexibility index (Phi) is 5.67. The second-order valence-electron chi connectivity index (χ2n) is 7.81. The zero-order valence-electron chi connectivity index (χ0n) is 17.1. The van der Waals surface area contributed by atoms with Crippen molar-refractivity contribution >= 4 is 17.7 Å². The SMILES string of the molecule is COc1ccc(OC)c(CN2C(=O)CSCC2(C)c2nnnn2C2CCCC2)c1. The third-order valence-electron chi connectivity index (χ3n) is 5.97. The van der Waals surface area contributed by atoms with E-state index in [4.69, 9.17) is 9.47 Å². The maximum Gasteiger partial charge on any atom is 0.233 e. The lowest BCUT2D eigenvalue weighted by molar-refractivity contribution is -0.135. The minimum absolute atomic E-state index is 0.0783. The van der Waals surface area contributed by atoms with Gasteiger partial charge in [-0.3, -0.25) is 4.79 Å². The summed E-state index contributed by atoms with van der Waals surface area (Å²) in [5.74, 6) is 3.51. The first kappa shape index (κ1) is 20.0. The van der Waals surface area contributed by atoms with E-state index in [9.17, 15) is 4.79 Å². The molecule has 9 heteroatoms. The summed E-state index contributed by atoms with van der Waals surface area (Å²) < 4.78 is 12.9. The van der Waals surface area contributed by atoms with Gasteiger partial charge < -0.3 is 14.4 Å². The first-order chi connectivity index (χ1) is 14.1. The van der Waals surface area contributed by atoms with E-state index in [0.717, 1.165) is 41.5 Å². The monoisotopic (exact) mass is 417 g/mol. The van der Waals surface area contributed by atoms with Gasteiger partial charge in [-0.05, 0) is 48.4 Å². The number of hydrogen-bond acceptors (Lipinski definition) is 7. The largest absolute Gasteiger partial charge is 0.497 e. The van der Waals surface area contributed by atoms with Crippen LogP contribution in [0.4, 0.5) is 0 Å². The lowest BCUT2D eigenvalue weighted by Crippen LogP contribution is -2.54. The molecule has 1 unspecified atom stereocenters. The molecule has 29 heavy (non-hydrogen) atoms. The zero-order valence-corrected chi connectivity index (χ0v) is 17.9. The highest BCUT2D eigenvalue weighted by molar-refractivity contribution is 8.00. The number of aromatic nitrogens is 4. The van der Waals surface area contributed by atoms with Crippen LogP contribution in [0.3, 0.4) is 0 Å². The standard InChI is InChI=1S/C20H27N5O3S/c1-20(19-21-22-23-25(19)15-6-4-5-7-15)13-29-12-18(26)24(20)11-14-10-16(27-2)8-9-17(14)28-3/h8-10,15H,4-7,11-13H2,1-3H3. The maximum atomic E-state index is 13.1. The Morgan fingerprint density at radius 3 is 2.76 bits per heavy atom. The number of hydrogen-bond donors (Lipinski definition) is 0. The van der Waals surface area contributed by atoms with Crippen LogP contribution in [0, 0.1) is 0 Å². The molecule has 0 N–H and O–H groups in total. The fourth-order valence-electron chi connectivity index (χ4n) is 4.33. The van der Waals surface area contributed by atoms with Crippen molar-refractivity contribution in [1.82, 2.24) is 25.1 Å². The minimum Gasteiger partial charge on any atom is -0.497 e. The number of ether oxygens (including phenoxy) is 2. The van der Waals surface area contributed by atoms with Gasteiger partial charge in [0.2, 0.25) is 5.91 Å². The molecule has 1 atom stereocenters. The molecule has 2 aromatic rings. The highest BCUT2D eigenvalue weighted by Crippen LogP contribution is 2.40. The van der Waals surface area contributed by atoms with Crippen molar-refractivity contribution in [2.24, 2.45) is 0 Å². The van der Waals surface area contributed by atoms with Crippen LogP contribution >= 0.6 is 11.8 Å². The van der Waals surface area contributed by atoms with Crippen molar-refractivity contribution in [2.75, 3.05) is 25.7 Å². The molecule has 1 aliphatic heterocycles. The van der Waals surface area contributed by atoms with Gasteiger partial charge >= 0.3 is 0 Å². The molecule has 2 fully saturated rings. The van der Waals surface area contributed by atoms with Crippen LogP contribution < -0.4 is 9.47 Å². The van der Waals surface area contributed by atoms with Crippen molar-refractivity contribution < 1.29 is 14.3 Å². The number of tetrazole rings is 1. The van der Waals surface area contributed by atoms with E-state index in [1.165, 1.54) is 12.8 Å². The topological polar surface area (TPSA) is 82.4 Å². The van der Waals surface area contributed by atoms with Crippen molar-refractivity contribution in [2.45, 2.75) is 50.7 Å². The number of rotatable bonds is 6. The zero-order chi connectivity index (χ0) is 20.4. The Morgan fingerprint density at radius 1 is 1.24 bits per heavy atom. The van der Waals surface area contributed by atoms with Crippen LogP contribution in [0.2, 0.25) is 0 Å². The van der Waals surface area contributed by atoms with Gasteiger partial charge in [-0.15, -0.1) is 16.9 Å². The molecule has 1 amide bonds. The molecular formula is C20H27N5O3S. The number of nitrogens with zero attached hydrogens (tertiary/aromatic N) is 5. The van der Waals surface area contributed by atoms with Crippen molar-refractivity contribution in [3.8, 4) is 11.5 Å². The Hall–Kier alpha value is -2.29. The van der Waals surface area contributed by atoms with Gasteiger partial charge in [0.05, 0.1) is 32.6 Å². The molecule has 0 radical (unpaired) electrons. The van der Waals surface area contributed by atoms with Crippen LogP contribution in [-0.2, 0) is 16.9 Å². The molecule has 1 aliphatic carbocycles. The predicted octanol–water partition coefficient (Wildman–Crippen LogP) is 2.80. The summed E-state index contributed by atoms with van der Waals surface area (Å²) in [6.45, 7) is 2.48. The number of thioether (sulfide) groups is 1. The maximum absolute atomic E-state index is 13.1. The van der Waals surface area contributed by atoms with E-state index >= 15 is 0 Å². The molecule has 2 heterocycles. The normalized spacial score (nSPS) is 22.9. The van der Waals surface area contributed by atoms with Crippen LogP contribution in [0.15, 0.2) is 18.2 Å². The Balaban J connectivity index is 1.72. The molecular weight excluding hydrogens is 390 g/mol. The molecule has 0 bridgehead atoms. The summed E-state index contributed by atoms with van der Waals surface area (Å²) in [4.78, 5) is 15.0. The van der Waals surface area contributed by atoms with Gasteiger partial charge in [-0.2, -0.15) is 0 Å². The number of methoxy groups -OCH3 is 2. The fourth-order valence-corrected chi connectivity index (χ4v) is 5.45. The molecule has 0 spiro atoms. The van der Waals surface area contributed by atoms with Crippen LogP contribution in [-0.4, -0.2) is 56.7 Å². The molecule has 156 valence electrons. The van der Waals surface area contributed by atoms with Gasteiger partial charge in [0.25, 0.3) is 0 Å². The third kappa shape index (κ3) is 3.68.